The molecule has 0 atom stereocenters. The van der Waals surface area contributed by atoms with Crippen LogP contribution in [-0.2, 0) is 9.59 Å². The highest BCUT2D eigenvalue weighted by atomic mass is 16.2. The van der Waals surface area contributed by atoms with Gasteiger partial charge in [-0.1, -0.05) is 167 Å². The Hall–Kier alpha value is -3.28. The summed E-state index contributed by atoms with van der Waals surface area (Å²) in [6.07, 6.45) is 27.7. The Kier molecular flexibility index (Phi) is 22.7. The van der Waals surface area contributed by atoms with Crippen LogP contribution in [0.25, 0.3) is 11.1 Å². The zero-order valence-electron chi connectivity index (χ0n) is 30.2. The van der Waals surface area contributed by atoms with E-state index in [4.69, 9.17) is 0 Å². The molecule has 0 aromatic heterocycles. The van der Waals surface area contributed by atoms with Crippen LogP contribution >= 0.6 is 0 Å². The van der Waals surface area contributed by atoms with Crippen molar-refractivity contribution in [1.82, 2.24) is 0 Å². The van der Waals surface area contributed by atoms with Gasteiger partial charge in [-0.15, -0.1) is 0 Å². The summed E-state index contributed by atoms with van der Waals surface area (Å²) in [5.41, 5.74) is 1.41. The first-order valence-electron chi connectivity index (χ1n) is 19.3. The zero-order valence-corrected chi connectivity index (χ0v) is 30.2. The molecule has 6 nitrogen and oxygen atoms in total. The van der Waals surface area contributed by atoms with Crippen LogP contribution in [0.2, 0.25) is 0 Å². The minimum atomic E-state index is -0.270. The molecule has 0 aliphatic heterocycles. The molecule has 6 heteroatoms. The topological polar surface area (TPSA) is 92.3 Å². The summed E-state index contributed by atoms with van der Waals surface area (Å²) in [7, 11) is 0. The SMILES string of the molecule is CCCCCCCCCCCCCC(=O)Nc1ccc(-c2ccc(NC(=O)CCCCCCCCCCCCC)c(=O)cc2)ccc1=O. The summed E-state index contributed by atoms with van der Waals surface area (Å²) >= 11 is 0. The van der Waals surface area contributed by atoms with Gasteiger partial charge in [0.2, 0.25) is 22.7 Å². The highest BCUT2D eigenvalue weighted by Crippen LogP contribution is 2.19. The van der Waals surface area contributed by atoms with Gasteiger partial charge in [0.15, 0.2) is 0 Å². The van der Waals surface area contributed by atoms with Gasteiger partial charge in [0.25, 0.3) is 0 Å². The number of unbranched alkanes of at least 4 members (excludes halogenated alkanes) is 20. The number of anilines is 2. The van der Waals surface area contributed by atoms with Crippen molar-refractivity contribution in [2.45, 2.75) is 168 Å². The van der Waals surface area contributed by atoms with Crippen LogP contribution in [0.3, 0.4) is 0 Å². The quantitative estimate of drug-likeness (QED) is 0.0933. The number of nitrogens with one attached hydrogen (secondary N) is 2. The molecule has 0 heterocycles. The van der Waals surface area contributed by atoms with Gasteiger partial charge in [-0.05, 0) is 48.2 Å². The molecule has 0 bridgehead atoms. The van der Waals surface area contributed by atoms with Crippen LogP contribution in [0.15, 0.2) is 58.1 Å². The van der Waals surface area contributed by atoms with E-state index in [0.29, 0.717) is 12.8 Å². The Morgan fingerprint density at radius 1 is 0.396 bits per heavy atom. The average Bonchev–Trinajstić information content (AvgIpc) is 3.37. The van der Waals surface area contributed by atoms with Gasteiger partial charge in [-0.2, -0.15) is 0 Å². The predicted octanol–water partition coefficient (Wildman–Crippen LogP) is 11.4. The maximum atomic E-state index is 12.7. The summed E-state index contributed by atoms with van der Waals surface area (Å²) < 4.78 is 0. The van der Waals surface area contributed by atoms with E-state index in [-0.39, 0.29) is 34.0 Å². The van der Waals surface area contributed by atoms with Crippen LogP contribution in [-0.4, -0.2) is 11.8 Å². The van der Waals surface area contributed by atoms with Gasteiger partial charge in [0.1, 0.15) is 0 Å². The second-order valence-corrected chi connectivity index (χ2v) is 13.5. The molecule has 0 aliphatic carbocycles. The summed E-state index contributed by atoms with van der Waals surface area (Å²) in [4.78, 5) is 50.5. The van der Waals surface area contributed by atoms with Crippen LogP contribution in [0, 0.1) is 0 Å². The first-order chi connectivity index (χ1) is 23.4. The fraction of sp³-hybridized carbons (Fsp3) is 0.619. The first-order valence-corrected chi connectivity index (χ1v) is 19.3. The molecule has 0 aliphatic rings. The molecule has 2 aromatic rings. The zero-order chi connectivity index (χ0) is 34.7. The molecule has 2 N–H and O–H groups in total. The smallest absolute Gasteiger partial charge is 0.224 e. The van der Waals surface area contributed by atoms with Gasteiger partial charge < -0.3 is 10.6 Å². The van der Waals surface area contributed by atoms with Crippen molar-refractivity contribution in [2.75, 3.05) is 10.6 Å². The average molecular weight is 661 g/mol. The second-order valence-electron chi connectivity index (χ2n) is 13.5. The van der Waals surface area contributed by atoms with E-state index in [9.17, 15) is 19.2 Å². The summed E-state index contributed by atoms with van der Waals surface area (Å²) in [5, 5.41) is 5.57. The van der Waals surface area contributed by atoms with Gasteiger partial charge >= 0.3 is 0 Å². The fourth-order valence-electron chi connectivity index (χ4n) is 6.05. The normalized spacial score (nSPS) is 11.0. The minimum absolute atomic E-state index is 0.147. The van der Waals surface area contributed by atoms with Gasteiger partial charge in [0.05, 0.1) is 11.4 Å². The molecule has 0 fully saturated rings. The third-order valence-electron chi connectivity index (χ3n) is 9.11. The summed E-state index contributed by atoms with van der Waals surface area (Å²) in [6, 6.07) is 13.0. The molecule has 48 heavy (non-hydrogen) atoms. The number of hydrogen-bond acceptors (Lipinski definition) is 4. The summed E-state index contributed by atoms with van der Waals surface area (Å²) in [6.45, 7) is 4.49. The second kappa shape index (κ2) is 26.6. The van der Waals surface area contributed by atoms with E-state index in [0.717, 1.165) is 49.7 Å². The predicted molar refractivity (Wildman–Crippen MR) is 204 cm³/mol. The number of hydrogen-bond donors (Lipinski definition) is 2. The molecule has 0 radical (unpaired) electrons. The van der Waals surface area contributed by atoms with E-state index >= 15 is 0 Å². The third-order valence-corrected chi connectivity index (χ3v) is 9.11. The molecule has 0 saturated heterocycles. The lowest BCUT2D eigenvalue weighted by molar-refractivity contribution is -0.117. The number of rotatable bonds is 27. The maximum absolute atomic E-state index is 12.7. The Morgan fingerprint density at radius 3 is 0.979 bits per heavy atom. The van der Waals surface area contributed by atoms with Crippen LogP contribution < -0.4 is 21.5 Å². The van der Waals surface area contributed by atoms with E-state index in [1.807, 2.05) is 0 Å². The van der Waals surface area contributed by atoms with E-state index in [1.165, 1.54) is 115 Å². The lowest BCUT2D eigenvalue weighted by Crippen LogP contribution is -2.16. The van der Waals surface area contributed by atoms with Crippen molar-refractivity contribution in [3.63, 3.8) is 0 Å². The van der Waals surface area contributed by atoms with Crippen molar-refractivity contribution in [3.05, 3.63) is 69.0 Å². The lowest BCUT2D eigenvalue weighted by Gasteiger charge is -2.04. The van der Waals surface area contributed by atoms with Crippen LogP contribution in [0.5, 0.6) is 0 Å². The highest BCUT2D eigenvalue weighted by molar-refractivity contribution is 5.91. The Labute approximate surface area is 290 Å². The molecule has 2 rings (SSSR count). The molecule has 0 unspecified atom stereocenters. The van der Waals surface area contributed by atoms with Crippen molar-refractivity contribution in [1.29, 1.82) is 0 Å². The Balaban J connectivity index is 1.75. The van der Waals surface area contributed by atoms with Gasteiger partial charge in [0, 0.05) is 12.8 Å². The van der Waals surface area contributed by atoms with Crippen molar-refractivity contribution in [2.24, 2.45) is 0 Å². The number of carbonyl (C=O) groups excluding carboxylic acids is 2. The minimum Gasteiger partial charge on any atom is -0.323 e. The molecule has 2 amide bonds. The molecule has 0 saturated carbocycles. The molecule has 2 aromatic carbocycles. The number of carbonyl (C=O) groups is 2. The molecular weight excluding hydrogens is 596 g/mol. The molecule has 0 spiro atoms. The highest BCUT2D eigenvalue weighted by Gasteiger charge is 2.08. The monoisotopic (exact) mass is 660 g/mol. The van der Waals surface area contributed by atoms with Crippen molar-refractivity contribution in [3.8, 4) is 11.1 Å². The van der Waals surface area contributed by atoms with Crippen molar-refractivity contribution >= 4 is 23.2 Å². The number of amides is 2. The Bertz CT molecular complexity index is 1210. The van der Waals surface area contributed by atoms with Gasteiger partial charge in [-0.25, -0.2) is 0 Å². The van der Waals surface area contributed by atoms with E-state index in [1.54, 1.807) is 36.4 Å². The van der Waals surface area contributed by atoms with E-state index < -0.39 is 0 Å². The third kappa shape index (κ3) is 18.9. The Morgan fingerprint density at radius 2 is 0.667 bits per heavy atom. The standard InChI is InChI=1S/C42H64N2O4/c1-3-5-7-9-11-13-15-17-19-21-23-25-41(47)43-37-31-27-35(29-33-39(37)45)36-28-32-38(40(46)34-30-36)44-42(48)26-24-22-20-18-16-14-12-10-8-6-4-2/h27-34H,3-26H2,1-2H3,(H,43,45,47)(H,44,46,48). The largest absolute Gasteiger partial charge is 0.323 e. The lowest BCUT2D eigenvalue weighted by atomic mass is 10.1. The molecular formula is C42H64N2O4. The van der Waals surface area contributed by atoms with Gasteiger partial charge in [-0.3, -0.25) is 19.2 Å². The summed E-state index contributed by atoms with van der Waals surface area (Å²) in [5.74, 6) is -0.294. The van der Waals surface area contributed by atoms with E-state index in [2.05, 4.69) is 24.5 Å². The maximum Gasteiger partial charge on any atom is 0.224 e. The fourth-order valence-corrected chi connectivity index (χ4v) is 6.05. The van der Waals surface area contributed by atoms with Crippen LogP contribution in [0.1, 0.15) is 168 Å². The van der Waals surface area contributed by atoms with Crippen molar-refractivity contribution < 1.29 is 9.59 Å². The first kappa shape index (κ1) is 40.9. The molecule has 266 valence electrons. The van der Waals surface area contributed by atoms with Crippen LogP contribution in [0.4, 0.5) is 11.4 Å².